The first-order valence-electron chi connectivity index (χ1n) is 3.76. The van der Waals surface area contributed by atoms with Crippen molar-refractivity contribution in [3.8, 4) is 0 Å². The van der Waals surface area contributed by atoms with Crippen LogP contribution in [0.15, 0.2) is 12.3 Å². The van der Waals surface area contributed by atoms with Crippen LogP contribution in [-0.4, -0.2) is 31.4 Å². The van der Waals surface area contributed by atoms with Gasteiger partial charge in [-0.25, -0.2) is 0 Å². The lowest BCUT2D eigenvalue weighted by Crippen LogP contribution is -2.25. The van der Waals surface area contributed by atoms with Crippen molar-refractivity contribution in [1.82, 2.24) is 10.2 Å². The van der Waals surface area contributed by atoms with E-state index in [4.69, 9.17) is 0 Å². The highest BCUT2D eigenvalue weighted by Gasteiger charge is 2.27. The van der Waals surface area contributed by atoms with Gasteiger partial charge in [0.1, 0.15) is 0 Å². The van der Waals surface area contributed by atoms with Gasteiger partial charge in [-0.3, -0.25) is 4.79 Å². The number of hydrogen-bond acceptors (Lipinski definition) is 2. The first-order chi connectivity index (χ1) is 5.13. The van der Waals surface area contributed by atoms with E-state index in [0.29, 0.717) is 0 Å². The SMILES string of the molecule is C=C(C1CCNC1=O)N(C)C. The number of carbonyl (C=O) groups excluding carboxylic acids is 1. The van der Waals surface area contributed by atoms with Crippen LogP contribution in [0.3, 0.4) is 0 Å². The topological polar surface area (TPSA) is 32.3 Å². The van der Waals surface area contributed by atoms with Crippen LogP contribution in [0.25, 0.3) is 0 Å². The zero-order valence-corrected chi connectivity index (χ0v) is 7.05. The fraction of sp³-hybridized carbons (Fsp3) is 0.625. The van der Waals surface area contributed by atoms with Crippen molar-refractivity contribution in [3.63, 3.8) is 0 Å². The molecule has 0 bridgehead atoms. The quantitative estimate of drug-likeness (QED) is 0.616. The van der Waals surface area contributed by atoms with Crippen LogP contribution in [0, 0.1) is 5.92 Å². The van der Waals surface area contributed by atoms with E-state index in [1.165, 1.54) is 0 Å². The van der Waals surface area contributed by atoms with Gasteiger partial charge in [-0.05, 0) is 6.42 Å². The molecule has 0 aromatic carbocycles. The highest BCUT2D eigenvalue weighted by Crippen LogP contribution is 2.18. The Morgan fingerprint density at radius 3 is 2.73 bits per heavy atom. The Hall–Kier alpha value is -0.990. The third kappa shape index (κ3) is 1.53. The number of nitrogens with zero attached hydrogens (tertiary/aromatic N) is 1. The molecule has 1 unspecified atom stereocenters. The molecule has 3 heteroatoms. The minimum atomic E-state index is 0.00463. The molecule has 0 spiro atoms. The number of nitrogens with one attached hydrogen (secondary N) is 1. The van der Waals surface area contributed by atoms with E-state index in [9.17, 15) is 4.79 Å². The summed E-state index contributed by atoms with van der Waals surface area (Å²) in [5.41, 5.74) is 0.903. The standard InChI is InChI=1S/C8H14N2O/c1-6(10(2)3)7-4-5-9-8(7)11/h7H,1,4-5H2,2-3H3,(H,9,11). The van der Waals surface area contributed by atoms with Gasteiger partial charge in [0.25, 0.3) is 0 Å². The molecule has 0 saturated carbocycles. The highest BCUT2D eigenvalue weighted by molar-refractivity contribution is 5.83. The second kappa shape index (κ2) is 2.95. The van der Waals surface area contributed by atoms with Crippen LogP contribution >= 0.6 is 0 Å². The van der Waals surface area contributed by atoms with E-state index in [-0.39, 0.29) is 11.8 Å². The van der Waals surface area contributed by atoms with Crippen molar-refractivity contribution in [1.29, 1.82) is 0 Å². The molecule has 0 aromatic heterocycles. The molecule has 1 aliphatic rings. The number of rotatable bonds is 2. The second-order valence-electron chi connectivity index (χ2n) is 3.02. The monoisotopic (exact) mass is 154 g/mol. The summed E-state index contributed by atoms with van der Waals surface area (Å²) in [6, 6.07) is 0. The molecule has 62 valence electrons. The molecule has 0 aromatic rings. The maximum Gasteiger partial charge on any atom is 0.229 e. The minimum absolute atomic E-state index is 0.00463. The largest absolute Gasteiger partial charge is 0.381 e. The van der Waals surface area contributed by atoms with E-state index in [1.54, 1.807) is 0 Å². The molecule has 1 N–H and O–H groups in total. The summed E-state index contributed by atoms with van der Waals surface area (Å²) in [6.07, 6.45) is 0.885. The summed E-state index contributed by atoms with van der Waals surface area (Å²) in [6.45, 7) is 4.64. The van der Waals surface area contributed by atoms with Gasteiger partial charge in [-0.15, -0.1) is 0 Å². The predicted molar refractivity (Wildman–Crippen MR) is 43.9 cm³/mol. The molecular formula is C8H14N2O. The van der Waals surface area contributed by atoms with E-state index >= 15 is 0 Å². The third-order valence-corrected chi connectivity index (χ3v) is 2.03. The summed E-state index contributed by atoms with van der Waals surface area (Å²) in [4.78, 5) is 13.0. The Balaban J connectivity index is 2.60. The fourth-order valence-electron chi connectivity index (χ4n) is 1.22. The van der Waals surface area contributed by atoms with Gasteiger partial charge in [-0.2, -0.15) is 0 Å². The maximum atomic E-state index is 11.1. The molecule has 0 aliphatic carbocycles. The maximum absolute atomic E-state index is 11.1. The van der Waals surface area contributed by atoms with Crippen molar-refractivity contribution >= 4 is 5.91 Å². The predicted octanol–water partition coefficient (Wildman–Crippen LogP) is 0.198. The lowest BCUT2D eigenvalue weighted by atomic mass is 10.0. The Kier molecular flexibility index (Phi) is 2.17. The highest BCUT2D eigenvalue weighted by atomic mass is 16.2. The van der Waals surface area contributed by atoms with E-state index in [2.05, 4.69) is 11.9 Å². The van der Waals surface area contributed by atoms with E-state index in [0.717, 1.165) is 18.7 Å². The van der Waals surface area contributed by atoms with E-state index in [1.807, 2.05) is 19.0 Å². The Morgan fingerprint density at radius 1 is 1.73 bits per heavy atom. The molecule has 1 saturated heterocycles. The van der Waals surface area contributed by atoms with Crippen LogP contribution in [0.2, 0.25) is 0 Å². The molecule has 1 atom stereocenters. The molecule has 1 amide bonds. The molecule has 1 rings (SSSR count). The first-order valence-corrected chi connectivity index (χ1v) is 3.76. The minimum Gasteiger partial charge on any atom is -0.381 e. The lowest BCUT2D eigenvalue weighted by molar-refractivity contribution is -0.121. The molecular weight excluding hydrogens is 140 g/mol. The molecule has 3 nitrogen and oxygen atoms in total. The Labute approximate surface area is 67.1 Å². The number of amides is 1. The zero-order chi connectivity index (χ0) is 8.43. The van der Waals surface area contributed by atoms with Crippen molar-refractivity contribution < 1.29 is 4.79 Å². The molecule has 1 heterocycles. The second-order valence-corrected chi connectivity index (χ2v) is 3.02. The van der Waals surface area contributed by atoms with Crippen LogP contribution in [0.5, 0.6) is 0 Å². The van der Waals surface area contributed by atoms with Crippen molar-refractivity contribution in [2.75, 3.05) is 20.6 Å². The summed E-state index contributed by atoms with van der Waals surface area (Å²) in [7, 11) is 3.82. The molecule has 0 radical (unpaired) electrons. The summed E-state index contributed by atoms with van der Waals surface area (Å²) in [5, 5.41) is 2.78. The van der Waals surface area contributed by atoms with Gasteiger partial charge < -0.3 is 10.2 Å². The van der Waals surface area contributed by atoms with Gasteiger partial charge in [0.05, 0.1) is 5.92 Å². The number of hydrogen-bond donors (Lipinski definition) is 1. The van der Waals surface area contributed by atoms with Gasteiger partial charge in [-0.1, -0.05) is 6.58 Å². The van der Waals surface area contributed by atoms with Crippen LogP contribution < -0.4 is 5.32 Å². The average molecular weight is 154 g/mol. The van der Waals surface area contributed by atoms with Gasteiger partial charge in [0, 0.05) is 26.3 Å². The van der Waals surface area contributed by atoms with Crippen LogP contribution in [-0.2, 0) is 4.79 Å². The third-order valence-electron chi connectivity index (χ3n) is 2.03. The van der Waals surface area contributed by atoms with Crippen molar-refractivity contribution in [2.24, 2.45) is 5.92 Å². The Bertz CT molecular complexity index is 187. The fourth-order valence-corrected chi connectivity index (χ4v) is 1.22. The van der Waals surface area contributed by atoms with Crippen LogP contribution in [0.1, 0.15) is 6.42 Å². The average Bonchev–Trinajstić information content (AvgIpc) is 2.33. The zero-order valence-electron chi connectivity index (χ0n) is 7.05. The van der Waals surface area contributed by atoms with Crippen molar-refractivity contribution in [2.45, 2.75) is 6.42 Å². The summed E-state index contributed by atoms with van der Waals surface area (Å²) in [5.74, 6) is 0.119. The molecule has 1 aliphatic heterocycles. The smallest absolute Gasteiger partial charge is 0.229 e. The first kappa shape index (κ1) is 8.11. The van der Waals surface area contributed by atoms with Crippen molar-refractivity contribution in [3.05, 3.63) is 12.3 Å². The molecule has 1 fully saturated rings. The van der Waals surface area contributed by atoms with Gasteiger partial charge in [0.2, 0.25) is 5.91 Å². The molecule has 11 heavy (non-hydrogen) atoms. The van der Waals surface area contributed by atoms with Crippen LogP contribution in [0.4, 0.5) is 0 Å². The van der Waals surface area contributed by atoms with Gasteiger partial charge >= 0.3 is 0 Å². The number of carbonyl (C=O) groups is 1. The lowest BCUT2D eigenvalue weighted by Gasteiger charge is -2.19. The Morgan fingerprint density at radius 2 is 2.36 bits per heavy atom. The normalized spacial score (nSPS) is 23.1. The van der Waals surface area contributed by atoms with Gasteiger partial charge in [0.15, 0.2) is 0 Å². The summed E-state index contributed by atoms with van der Waals surface area (Å²) >= 11 is 0. The summed E-state index contributed by atoms with van der Waals surface area (Å²) < 4.78 is 0. The van der Waals surface area contributed by atoms with E-state index < -0.39 is 0 Å².